The van der Waals surface area contributed by atoms with E-state index in [1.54, 1.807) is 24.5 Å². The van der Waals surface area contributed by atoms with Crippen LogP contribution >= 0.6 is 0 Å². The average Bonchev–Trinajstić information content (AvgIpc) is 3.38. The Balaban J connectivity index is 1.57. The fourth-order valence-electron chi connectivity index (χ4n) is 3.56. The first-order chi connectivity index (χ1) is 16.0. The van der Waals surface area contributed by atoms with Gasteiger partial charge >= 0.3 is 5.69 Å². The SMILES string of the molecule is CC(C)(C)c1cc(NC(=O)C2CC(=O)N(c3ccc(F)c([N+](=O)[O-])c3)C2)n(-c2ncccn2)n1. The molecule has 3 heterocycles. The minimum Gasteiger partial charge on any atom is -0.311 e. The van der Waals surface area contributed by atoms with Gasteiger partial charge in [-0.2, -0.15) is 14.2 Å². The van der Waals surface area contributed by atoms with E-state index in [1.165, 1.54) is 15.6 Å². The lowest BCUT2D eigenvalue weighted by molar-refractivity contribution is -0.387. The number of halogens is 1. The molecule has 0 aliphatic carbocycles. The predicted molar refractivity (Wildman–Crippen MR) is 120 cm³/mol. The number of nitro groups is 1. The lowest BCUT2D eigenvalue weighted by atomic mass is 9.92. The van der Waals surface area contributed by atoms with Gasteiger partial charge in [0.2, 0.25) is 17.6 Å². The summed E-state index contributed by atoms with van der Waals surface area (Å²) in [5.41, 5.74) is -0.180. The molecule has 1 N–H and O–H groups in total. The van der Waals surface area contributed by atoms with E-state index in [1.807, 2.05) is 20.8 Å². The molecule has 1 atom stereocenters. The number of nitrogens with one attached hydrogen (secondary N) is 1. The topological polar surface area (TPSA) is 136 Å². The van der Waals surface area contributed by atoms with Crippen LogP contribution in [0.4, 0.5) is 21.6 Å². The molecule has 0 radical (unpaired) electrons. The van der Waals surface area contributed by atoms with Crippen molar-refractivity contribution >= 4 is 29.0 Å². The second-order valence-corrected chi connectivity index (χ2v) is 8.91. The molecule has 176 valence electrons. The smallest absolute Gasteiger partial charge is 0.306 e. The van der Waals surface area contributed by atoms with E-state index in [9.17, 15) is 24.1 Å². The van der Waals surface area contributed by atoms with Gasteiger partial charge in [0.25, 0.3) is 5.95 Å². The van der Waals surface area contributed by atoms with Crippen molar-refractivity contribution in [2.45, 2.75) is 32.6 Å². The number of aromatic nitrogens is 4. The van der Waals surface area contributed by atoms with Crippen LogP contribution in [-0.4, -0.2) is 43.0 Å². The number of amides is 2. The lowest BCUT2D eigenvalue weighted by Gasteiger charge is -2.16. The molecule has 0 spiro atoms. The molecule has 34 heavy (non-hydrogen) atoms. The Morgan fingerprint density at radius 2 is 1.94 bits per heavy atom. The number of carbonyl (C=O) groups excluding carboxylic acids is 2. The van der Waals surface area contributed by atoms with Gasteiger partial charge in [-0.1, -0.05) is 20.8 Å². The van der Waals surface area contributed by atoms with E-state index in [2.05, 4.69) is 20.4 Å². The Bertz CT molecular complexity index is 1270. The molecule has 1 aromatic carbocycles. The Hall–Kier alpha value is -4.22. The van der Waals surface area contributed by atoms with Crippen LogP contribution < -0.4 is 10.2 Å². The third kappa shape index (κ3) is 4.47. The van der Waals surface area contributed by atoms with Gasteiger partial charge in [-0.25, -0.2) is 9.97 Å². The average molecular weight is 467 g/mol. The van der Waals surface area contributed by atoms with Crippen LogP contribution in [0.1, 0.15) is 32.9 Å². The highest BCUT2D eigenvalue weighted by Gasteiger charge is 2.36. The van der Waals surface area contributed by atoms with Crippen LogP contribution in [0, 0.1) is 21.8 Å². The van der Waals surface area contributed by atoms with Crippen LogP contribution in [-0.2, 0) is 15.0 Å². The minimum absolute atomic E-state index is 0.00441. The standard InChI is InChI=1S/C22H22FN7O4/c1-22(2,3)17-11-18(29(27-17)21-24-7-4-8-25-21)26-20(32)13-9-19(31)28(12-13)14-5-6-15(23)16(10-14)30(33)34/h4-8,10-11,13H,9,12H2,1-3H3,(H,26,32). The summed E-state index contributed by atoms with van der Waals surface area (Å²) < 4.78 is 15.1. The quantitative estimate of drug-likeness (QED) is 0.450. The molecule has 12 heteroatoms. The van der Waals surface area contributed by atoms with Crippen molar-refractivity contribution in [1.82, 2.24) is 19.7 Å². The maximum absolute atomic E-state index is 13.7. The molecule has 2 amide bonds. The van der Waals surface area contributed by atoms with Crippen molar-refractivity contribution in [3.8, 4) is 5.95 Å². The molecule has 1 fully saturated rings. The first-order valence-electron chi connectivity index (χ1n) is 10.5. The van der Waals surface area contributed by atoms with Gasteiger partial charge in [-0.15, -0.1) is 0 Å². The summed E-state index contributed by atoms with van der Waals surface area (Å²) in [5, 5.41) is 18.4. The van der Waals surface area contributed by atoms with E-state index in [4.69, 9.17) is 0 Å². The minimum atomic E-state index is -0.999. The summed E-state index contributed by atoms with van der Waals surface area (Å²) in [5.74, 6) is -1.92. The van der Waals surface area contributed by atoms with Gasteiger partial charge in [0.05, 0.1) is 22.2 Å². The number of anilines is 2. The molecule has 1 aliphatic heterocycles. The van der Waals surface area contributed by atoms with E-state index >= 15 is 0 Å². The molecule has 3 aromatic rings. The largest absolute Gasteiger partial charge is 0.311 e. The van der Waals surface area contributed by atoms with Gasteiger partial charge in [0.15, 0.2) is 0 Å². The normalized spacial score (nSPS) is 16.1. The summed E-state index contributed by atoms with van der Waals surface area (Å²) in [4.78, 5) is 45.5. The third-order valence-corrected chi connectivity index (χ3v) is 5.40. The summed E-state index contributed by atoms with van der Waals surface area (Å²) in [6.45, 7) is 5.93. The van der Waals surface area contributed by atoms with Crippen LogP contribution in [0.5, 0.6) is 0 Å². The van der Waals surface area contributed by atoms with E-state index in [-0.39, 0.29) is 30.0 Å². The Kier molecular flexibility index (Phi) is 5.82. The van der Waals surface area contributed by atoms with Crippen molar-refractivity contribution < 1.29 is 18.9 Å². The van der Waals surface area contributed by atoms with E-state index in [0.29, 0.717) is 11.5 Å². The van der Waals surface area contributed by atoms with Gasteiger partial charge < -0.3 is 10.2 Å². The molecule has 1 unspecified atom stereocenters. The fourth-order valence-corrected chi connectivity index (χ4v) is 3.56. The van der Waals surface area contributed by atoms with Crippen molar-refractivity contribution in [1.29, 1.82) is 0 Å². The summed E-state index contributed by atoms with van der Waals surface area (Å²) in [7, 11) is 0. The zero-order valence-electron chi connectivity index (χ0n) is 18.7. The maximum Gasteiger partial charge on any atom is 0.306 e. The van der Waals surface area contributed by atoms with E-state index in [0.717, 1.165) is 12.1 Å². The fraction of sp³-hybridized carbons (Fsp3) is 0.318. The van der Waals surface area contributed by atoms with Crippen molar-refractivity contribution in [2.24, 2.45) is 5.92 Å². The molecule has 4 rings (SSSR count). The maximum atomic E-state index is 13.7. The lowest BCUT2D eigenvalue weighted by Crippen LogP contribution is -2.28. The number of rotatable bonds is 5. The molecule has 0 bridgehead atoms. The Morgan fingerprint density at radius 3 is 2.59 bits per heavy atom. The van der Waals surface area contributed by atoms with E-state index < -0.39 is 34.2 Å². The zero-order valence-corrected chi connectivity index (χ0v) is 18.7. The number of hydrogen-bond acceptors (Lipinski definition) is 7. The second kappa shape index (κ2) is 8.61. The second-order valence-electron chi connectivity index (χ2n) is 8.91. The number of nitro benzene ring substituents is 1. The summed E-state index contributed by atoms with van der Waals surface area (Å²) >= 11 is 0. The van der Waals surface area contributed by atoms with Crippen LogP contribution in [0.3, 0.4) is 0 Å². The monoisotopic (exact) mass is 467 g/mol. The Labute approximate surface area is 193 Å². The molecule has 1 aliphatic rings. The molecule has 2 aromatic heterocycles. The van der Waals surface area contributed by atoms with Gasteiger partial charge in [-0.3, -0.25) is 19.7 Å². The number of nitrogens with zero attached hydrogens (tertiary/aromatic N) is 6. The number of carbonyl (C=O) groups is 2. The zero-order chi connectivity index (χ0) is 24.6. The Morgan fingerprint density at radius 1 is 1.24 bits per heavy atom. The van der Waals surface area contributed by atoms with Crippen molar-refractivity contribution in [2.75, 3.05) is 16.8 Å². The number of hydrogen-bond donors (Lipinski definition) is 1. The molecule has 0 saturated carbocycles. The van der Waals surface area contributed by atoms with Crippen LogP contribution in [0.2, 0.25) is 0 Å². The third-order valence-electron chi connectivity index (χ3n) is 5.40. The van der Waals surface area contributed by atoms with Gasteiger partial charge in [-0.05, 0) is 18.2 Å². The van der Waals surface area contributed by atoms with Crippen molar-refractivity contribution in [3.63, 3.8) is 0 Å². The molecular formula is C22H22FN7O4. The first-order valence-corrected chi connectivity index (χ1v) is 10.5. The summed E-state index contributed by atoms with van der Waals surface area (Å²) in [6, 6.07) is 6.59. The van der Waals surface area contributed by atoms with Gasteiger partial charge in [0, 0.05) is 42.9 Å². The highest BCUT2D eigenvalue weighted by atomic mass is 19.1. The molecule has 11 nitrogen and oxygen atoms in total. The highest BCUT2D eigenvalue weighted by molar-refractivity contribution is 6.03. The summed E-state index contributed by atoms with van der Waals surface area (Å²) in [6.07, 6.45) is 3.02. The first kappa shape index (κ1) is 23.0. The molecular weight excluding hydrogens is 445 g/mol. The van der Waals surface area contributed by atoms with Crippen LogP contribution in [0.25, 0.3) is 5.95 Å². The predicted octanol–water partition coefficient (Wildman–Crippen LogP) is 3.00. The van der Waals surface area contributed by atoms with Crippen molar-refractivity contribution in [3.05, 3.63) is 64.4 Å². The van der Waals surface area contributed by atoms with Gasteiger partial charge in [0.1, 0.15) is 5.82 Å². The molecule has 1 saturated heterocycles. The van der Waals surface area contributed by atoms with Crippen LogP contribution in [0.15, 0.2) is 42.7 Å². The number of benzene rings is 1. The highest BCUT2D eigenvalue weighted by Crippen LogP contribution is 2.31.